The molecule has 1 aliphatic heterocycles. The molecule has 2 heterocycles. The molecule has 1 saturated heterocycles. The van der Waals surface area contributed by atoms with Gasteiger partial charge in [0.1, 0.15) is 11.9 Å². The number of nitrogens with one attached hydrogen (secondary N) is 1. The predicted molar refractivity (Wildman–Crippen MR) is 124 cm³/mol. The lowest BCUT2D eigenvalue weighted by Crippen LogP contribution is -2.45. The molecule has 0 spiro atoms. The molecule has 9 heteroatoms. The van der Waals surface area contributed by atoms with Crippen molar-refractivity contribution in [1.29, 1.82) is 0 Å². The van der Waals surface area contributed by atoms with Gasteiger partial charge in [0.05, 0.1) is 27.2 Å². The second-order valence-electron chi connectivity index (χ2n) is 7.82. The zero-order valence-electron chi connectivity index (χ0n) is 17.4. The highest BCUT2D eigenvalue weighted by Crippen LogP contribution is 2.28. The summed E-state index contributed by atoms with van der Waals surface area (Å²) in [6.45, 7) is 2.28. The normalized spacial score (nSPS) is 16.1. The maximum Gasteiger partial charge on any atom is 0.251 e. The first-order valence-electron chi connectivity index (χ1n) is 10.5. The van der Waals surface area contributed by atoms with Gasteiger partial charge in [0.2, 0.25) is 0 Å². The molecule has 1 aliphatic rings. The van der Waals surface area contributed by atoms with Gasteiger partial charge in [-0.25, -0.2) is 0 Å². The van der Waals surface area contributed by atoms with Crippen LogP contribution in [0.25, 0.3) is 11.0 Å². The van der Waals surface area contributed by atoms with Gasteiger partial charge in [-0.3, -0.25) is 14.8 Å². The standard InChI is InChI=1S/C23H24Cl2N4O3/c24-19-3-2-18(12-20(19)25)32-17-5-9-29(10-6-17)14-16(30)13-28-23(31)15-1-4-21-22(11-15)27-8-7-26-21/h1-4,7-8,11-12,16-17,30H,5-6,9-10,13-14H2,(H,28,31). The highest BCUT2D eigenvalue weighted by Gasteiger charge is 2.22. The Morgan fingerprint density at radius 2 is 1.84 bits per heavy atom. The fourth-order valence-electron chi connectivity index (χ4n) is 3.73. The molecule has 7 nitrogen and oxygen atoms in total. The molecular formula is C23H24Cl2N4O3. The smallest absolute Gasteiger partial charge is 0.251 e. The number of halogens is 2. The van der Waals surface area contributed by atoms with Gasteiger partial charge in [0.15, 0.2) is 0 Å². The Hall–Kier alpha value is -2.45. The number of piperidine rings is 1. The van der Waals surface area contributed by atoms with Crippen LogP contribution in [0.15, 0.2) is 48.8 Å². The maximum atomic E-state index is 12.4. The second kappa shape index (κ2) is 10.4. The number of amides is 1. The van der Waals surface area contributed by atoms with Crippen LogP contribution >= 0.6 is 23.2 Å². The van der Waals surface area contributed by atoms with Gasteiger partial charge < -0.3 is 20.1 Å². The predicted octanol–water partition coefficient (Wildman–Crippen LogP) is 3.57. The van der Waals surface area contributed by atoms with Crippen LogP contribution in [0.2, 0.25) is 10.0 Å². The third-order valence-electron chi connectivity index (χ3n) is 5.43. The maximum absolute atomic E-state index is 12.4. The number of fused-ring (bicyclic) bond motifs is 1. The van der Waals surface area contributed by atoms with E-state index in [-0.39, 0.29) is 18.6 Å². The summed E-state index contributed by atoms with van der Waals surface area (Å²) in [5.41, 5.74) is 1.88. The summed E-state index contributed by atoms with van der Waals surface area (Å²) in [5.74, 6) is 0.464. The van der Waals surface area contributed by atoms with Crippen molar-refractivity contribution in [1.82, 2.24) is 20.2 Å². The summed E-state index contributed by atoms with van der Waals surface area (Å²) in [5, 5.41) is 14.2. The molecule has 3 aromatic rings. The first kappa shape index (κ1) is 22.7. The van der Waals surface area contributed by atoms with Crippen LogP contribution in [0.5, 0.6) is 5.75 Å². The lowest BCUT2D eigenvalue weighted by atomic mass is 10.1. The van der Waals surface area contributed by atoms with Gasteiger partial charge in [-0.2, -0.15) is 0 Å². The van der Waals surface area contributed by atoms with Gasteiger partial charge in [0, 0.05) is 50.2 Å². The molecular weight excluding hydrogens is 451 g/mol. The van der Waals surface area contributed by atoms with Crippen LogP contribution in [-0.4, -0.2) is 64.3 Å². The quantitative estimate of drug-likeness (QED) is 0.544. The number of hydrogen-bond acceptors (Lipinski definition) is 6. The number of β-amino-alcohol motifs (C(OH)–C–C–N with tert-alkyl or cyclic N) is 1. The van der Waals surface area contributed by atoms with Crippen molar-refractivity contribution in [2.45, 2.75) is 25.0 Å². The summed E-state index contributed by atoms with van der Waals surface area (Å²) >= 11 is 12.0. The molecule has 1 aromatic heterocycles. The van der Waals surface area contributed by atoms with Crippen molar-refractivity contribution in [2.24, 2.45) is 0 Å². The van der Waals surface area contributed by atoms with Crippen LogP contribution in [-0.2, 0) is 0 Å². The molecule has 168 valence electrons. The van der Waals surface area contributed by atoms with E-state index in [1.54, 1.807) is 42.7 Å². The molecule has 32 heavy (non-hydrogen) atoms. The van der Waals surface area contributed by atoms with E-state index in [1.807, 2.05) is 6.07 Å². The number of carbonyl (C=O) groups is 1. The molecule has 1 fully saturated rings. The summed E-state index contributed by atoms with van der Waals surface area (Å²) in [4.78, 5) is 23.0. The minimum Gasteiger partial charge on any atom is -0.490 e. The molecule has 1 amide bonds. The number of carbonyl (C=O) groups excluding carboxylic acids is 1. The number of hydrogen-bond donors (Lipinski definition) is 2. The fourth-order valence-corrected chi connectivity index (χ4v) is 4.02. The lowest BCUT2D eigenvalue weighted by Gasteiger charge is -2.33. The summed E-state index contributed by atoms with van der Waals surface area (Å²) in [6, 6.07) is 10.4. The Balaban J connectivity index is 1.20. The van der Waals surface area contributed by atoms with Gasteiger partial charge in [0.25, 0.3) is 5.91 Å². The van der Waals surface area contributed by atoms with E-state index >= 15 is 0 Å². The van der Waals surface area contributed by atoms with Crippen LogP contribution < -0.4 is 10.1 Å². The average molecular weight is 475 g/mol. The van der Waals surface area contributed by atoms with Crippen molar-refractivity contribution in [2.75, 3.05) is 26.2 Å². The molecule has 0 bridgehead atoms. The van der Waals surface area contributed by atoms with Crippen molar-refractivity contribution in [3.05, 3.63) is 64.4 Å². The molecule has 1 atom stereocenters. The van der Waals surface area contributed by atoms with E-state index in [9.17, 15) is 9.90 Å². The third kappa shape index (κ3) is 5.86. The highest BCUT2D eigenvalue weighted by atomic mass is 35.5. The van der Waals surface area contributed by atoms with E-state index in [0.29, 0.717) is 33.4 Å². The molecule has 0 saturated carbocycles. The summed E-state index contributed by atoms with van der Waals surface area (Å²) in [6.07, 6.45) is 4.32. The Morgan fingerprint density at radius 3 is 2.59 bits per heavy atom. The molecule has 0 aliphatic carbocycles. The fraction of sp³-hybridized carbons (Fsp3) is 0.348. The number of likely N-dealkylation sites (tertiary alicyclic amines) is 1. The Morgan fingerprint density at radius 1 is 1.09 bits per heavy atom. The Bertz CT molecular complexity index is 1090. The van der Waals surface area contributed by atoms with Gasteiger partial charge in [-0.05, 0) is 43.2 Å². The van der Waals surface area contributed by atoms with Crippen molar-refractivity contribution in [3.8, 4) is 5.75 Å². The number of aliphatic hydroxyl groups excluding tert-OH is 1. The Labute approximate surface area is 196 Å². The second-order valence-corrected chi connectivity index (χ2v) is 8.63. The lowest BCUT2D eigenvalue weighted by molar-refractivity contribution is 0.0594. The Kier molecular flexibility index (Phi) is 7.42. The third-order valence-corrected chi connectivity index (χ3v) is 6.17. The number of benzene rings is 2. The van der Waals surface area contributed by atoms with E-state index < -0.39 is 6.10 Å². The minimum absolute atomic E-state index is 0.0938. The number of nitrogens with zero attached hydrogens (tertiary/aromatic N) is 3. The molecule has 2 aromatic carbocycles. The number of ether oxygens (including phenoxy) is 1. The van der Waals surface area contributed by atoms with Crippen LogP contribution in [0, 0.1) is 0 Å². The van der Waals surface area contributed by atoms with Crippen LogP contribution in [0.3, 0.4) is 0 Å². The summed E-state index contributed by atoms with van der Waals surface area (Å²) < 4.78 is 6.00. The molecule has 1 unspecified atom stereocenters. The zero-order chi connectivity index (χ0) is 22.5. The largest absolute Gasteiger partial charge is 0.490 e. The minimum atomic E-state index is -0.660. The number of rotatable bonds is 7. The van der Waals surface area contributed by atoms with Crippen molar-refractivity contribution < 1.29 is 14.6 Å². The average Bonchev–Trinajstić information content (AvgIpc) is 2.81. The van der Waals surface area contributed by atoms with Gasteiger partial charge >= 0.3 is 0 Å². The van der Waals surface area contributed by atoms with Crippen molar-refractivity contribution in [3.63, 3.8) is 0 Å². The van der Waals surface area contributed by atoms with E-state index in [1.165, 1.54) is 0 Å². The van der Waals surface area contributed by atoms with E-state index in [0.717, 1.165) is 31.4 Å². The number of aromatic nitrogens is 2. The first-order chi connectivity index (χ1) is 15.5. The number of aliphatic hydroxyl groups is 1. The zero-order valence-corrected chi connectivity index (χ0v) is 18.9. The van der Waals surface area contributed by atoms with Gasteiger partial charge in [-0.15, -0.1) is 0 Å². The van der Waals surface area contributed by atoms with Crippen LogP contribution in [0.1, 0.15) is 23.2 Å². The molecule has 2 N–H and O–H groups in total. The monoisotopic (exact) mass is 474 g/mol. The van der Waals surface area contributed by atoms with E-state index in [2.05, 4.69) is 20.2 Å². The van der Waals surface area contributed by atoms with Crippen molar-refractivity contribution >= 4 is 40.1 Å². The molecule has 0 radical (unpaired) electrons. The topological polar surface area (TPSA) is 87.6 Å². The van der Waals surface area contributed by atoms with E-state index in [4.69, 9.17) is 27.9 Å². The van der Waals surface area contributed by atoms with Crippen LogP contribution in [0.4, 0.5) is 0 Å². The SMILES string of the molecule is O=C(NCC(O)CN1CCC(Oc2ccc(Cl)c(Cl)c2)CC1)c1ccc2nccnc2c1. The first-order valence-corrected chi connectivity index (χ1v) is 11.2. The molecule has 4 rings (SSSR count). The van der Waals surface area contributed by atoms with Gasteiger partial charge in [-0.1, -0.05) is 23.2 Å². The highest BCUT2D eigenvalue weighted by molar-refractivity contribution is 6.42. The summed E-state index contributed by atoms with van der Waals surface area (Å²) in [7, 11) is 0.